The number of likely N-dealkylation sites (tertiary alicyclic amines) is 1. The van der Waals surface area contributed by atoms with E-state index in [1.54, 1.807) is 42.5 Å². The van der Waals surface area contributed by atoms with Crippen molar-refractivity contribution in [2.75, 3.05) is 48.0 Å². The van der Waals surface area contributed by atoms with Gasteiger partial charge in [0.2, 0.25) is 0 Å². The molecule has 0 aliphatic carbocycles. The topological polar surface area (TPSA) is 88.5 Å². The molecule has 1 unspecified atom stereocenters. The van der Waals surface area contributed by atoms with Crippen LogP contribution >= 0.6 is 0 Å². The fraction of sp³-hybridized carbons (Fsp3) is 0.333. The van der Waals surface area contributed by atoms with Gasteiger partial charge < -0.3 is 29.1 Å². The average Bonchev–Trinajstić information content (AvgIpc) is 3.10. The number of hydrogen-bond donors (Lipinski definition) is 1. The van der Waals surface area contributed by atoms with Gasteiger partial charge in [-0.1, -0.05) is 18.7 Å². The quantitative estimate of drug-likeness (QED) is 0.241. The van der Waals surface area contributed by atoms with Crippen molar-refractivity contribution in [3.8, 4) is 17.2 Å². The molecule has 0 saturated carbocycles. The molecule has 1 heterocycles. The number of rotatable bonds is 10. The molecular weight excluding hydrogens is 448 g/mol. The van der Waals surface area contributed by atoms with Gasteiger partial charge in [-0.25, -0.2) is 0 Å². The van der Waals surface area contributed by atoms with Crippen molar-refractivity contribution in [3.63, 3.8) is 0 Å². The van der Waals surface area contributed by atoms with Crippen LogP contribution in [0.15, 0.2) is 54.6 Å². The molecule has 0 aromatic heterocycles. The number of carbonyl (C=O) groups is 2. The minimum absolute atomic E-state index is 0.0313. The number of ether oxygens (including phenoxy) is 3. The third-order valence-electron chi connectivity index (χ3n) is 5.87. The van der Waals surface area contributed by atoms with E-state index in [0.29, 0.717) is 53.6 Å². The molecule has 1 amide bonds. The lowest BCUT2D eigenvalue weighted by molar-refractivity contribution is -0.140. The summed E-state index contributed by atoms with van der Waals surface area (Å²) >= 11 is 0. The zero-order chi connectivity index (χ0) is 25.7. The van der Waals surface area contributed by atoms with E-state index in [0.717, 1.165) is 0 Å². The second-order valence-corrected chi connectivity index (χ2v) is 8.49. The van der Waals surface area contributed by atoms with Crippen molar-refractivity contribution in [1.29, 1.82) is 0 Å². The molecule has 1 aliphatic heterocycles. The Labute approximate surface area is 206 Å². The Morgan fingerprint density at radius 1 is 1.11 bits per heavy atom. The summed E-state index contributed by atoms with van der Waals surface area (Å²) in [4.78, 5) is 29.8. The summed E-state index contributed by atoms with van der Waals surface area (Å²) in [5, 5.41) is 11.4. The predicted octanol–water partition coefficient (Wildman–Crippen LogP) is 3.56. The van der Waals surface area contributed by atoms with Crippen LogP contribution in [-0.2, 0) is 9.59 Å². The summed E-state index contributed by atoms with van der Waals surface area (Å²) in [5.74, 6) is -0.0233. The van der Waals surface area contributed by atoms with Crippen molar-refractivity contribution < 1.29 is 28.9 Å². The van der Waals surface area contributed by atoms with E-state index in [9.17, 15) is 14.7 Å². The van der Waals surface area contributed by atoms with E-state index in [4.69, 9.17) is 14.2 Å². The van der Waals surface area contributed by atoms with Gasteiger partial charge in [0.1, 0.15) is 18.1 Å². The molecule has 1 atom stereocenters. The lowest BCUT2D eigenvalue weighted by atomic mass is 9.93. The average molecular weight is 481 g/mol. The lowest BCUT2D eigenvalue weighted by Crippen LogP contribution is -2.35. The first-order valence-electron chi connectivity index (χ1n) is 11.2. The number of ketones is 1. The van der Waals surface area contributed by atoms with Gasteiger partial charge in [0, 0.05) is 18.7 Å². The molecule has 1 fully saturated rings. The molecular formula is C27H32N2O6. The van der Waals surface area contributed by atoms with Gasteiger partial charge >= 0.3 is 0 Å². The normalized spacial score (nSPS) is 17.1. The van der Waals surface area contributed by atoms with Crippen LogP contribution in [0.3, 0.4) is 0 Å². The van der Waals surface area contributed by atoms with Crippen LogP contribution in [0.4, 0.5) is 0 Å². The molecule has 1 saturated heterocycles. The molecule has 8 nitrogen and oxygen atoms in total. The van der Waals surface area contributed by atoms with Gasteiger partial charge in [-0.05, 0) is 62.5 Å². The maximum Gasteiger partial charge on any atom is 0.295 e. The van der Waals surface area contributed by atoms with Crippen LogP contribution in [0.2, 0.25) is 0 Å². The summed E-state index contributed by atoms with van der Waals surface area (Å²) in [7, 11) is 6.83. The molecule has 8 heteroatoms. The predicted molar refractivity (Wildman–Crippen MR) is 134 cm³/mol. The van der Waals surface area contributed by atoms with Crippen LogP contribution in [0, 0.1) is 6.92 Å². The third kappa shape index (κ3) is 5.33. The van der Waals surface area contributed by atoms with Crippen molar-refractivity contribution >= 4 is 17.4 Å². The molecule has 186 valence electrons. The fourth-order valence-electron chi connectivity index (χ4n) is 4.08. The van der Waals surface area contributed by atoms with Crippen molar-refractivity contribution in [3.05, 3.63) is 71.3 Å². The number of nitrogens with zero attached hydrogens (tertiary/aromatic N) is 2. The van der Waals surface area contributed by atoms with E-state index in [1.165, 1.54) is 19.1 Å². The molecule has 2 aromatic rings. The zero-order valence-corrected chi connectivity index (χ0v) is 20.8. The van der Waals surface area contributed by atoms with Crippen molar-refractivity contribution in [2.45, 2.75) is 13.0 Å². The number of aryl methyl sites for hydroxylation is 1. The lowest BCUT2D eigenvalue weighted by Gasteiger charge is -2.27. The molecule has 1 N–H and O–H groups in total. The minimum Gasteiger partial charge on any atom is -0.507 e. The molecule has 1 aliphatic rings. The first-order chi connectivity index (χ1) is 16.7. The molecule has 0 spiro atoms. The molecule has 0 radical (unpaired) electrons. The number of benzene rings is 2. The van der Waals surface area contributed by atoms with Gasteiger partial charge in [-0.3, -0.25) is 9.59 Å². The SMILES string of the molecule is C=CCOc1ccc(C(O)=C2C(=O)C(=O)N(CCN(C)C)C2c2ccc(OC)c(OC)c2)c(C)c1. The van der Waals surface area contributed by atoms with Gasteiger partial charge in [0.05, 0.1) is 25.8 Å². The number of methoxy groups -OCH3 is 2. The first-order valence-corrected chi connectivity index (χ1v) is 11.2. The van der Waals surface area contributed by atoms with Crippen LogP contribution in [-0.4, -0.2) is 74.6 Å². The monoisotopic (exact) mass is 480 g/mol. The van der Waals surface area contributed by atoms with Gasteiger partial charge in [-0.15, -0.1) is 0 Å². The van der Waals surface area contributed by atoms with Gasteiger partial charge in [-0.2, -0.15) is 0 Å². The van der Waals surface area contributed by atoms with Gasteiger partial charge in [0.15, 0.2) is 11.5 Å². The van der Waals surface area contributed by atoms with Gasteiger partial charge in [0.25, 0.3) is 11.7 Å². The Hall–Kier alpha value is -3.78. The van der Waals surface area contributed by atoms with Crippen LogP contribution in [0.1, 0.15) is 22.7 Å². The smallest absolute Gasteiger partial charge is 0.295 e. The summed E-state index contributed by atoms with van der Waals surface area (Å²) in [6.45, 7) is 6.65. The largest absolute Gasteiger partial charge is 0.507 e. The summed E-state index contributed by atoms with van der Waals surface area (Å²) in [6, 6.07) is 9.59. The highest BCUT2D eigenvalue weighted by atomic mass is 16.5. The minimum atomic E-state index is -0.786. The highest BCUT2D eigenvalue weighted by Crippen LogP contribution is 2.42. The van der Waals surface area contributed by atoms with E-state index < -0.39 is 17.7 Å². The van der Waals surface area contributed by atoms with Crippen molar-refractivity contribution in [2.24, 2.45) is 0 Å². The maximum absolute atomic E-state index is 13.2. The summed E-state index contributed by atoms with van der Waals surface area (Å²) < 4.78 is 16.4. The molecule has 3 rings (SSSR count). The van der Waals surface area contributed by atoms with Crippen LogP contribution in [0.25, 0.3) is 5.76 Å². The second-order valence-electron chi connectivity index (χ2n) is 8.49. The van der Waals surface area contributed by atoms with E-state index >= 15 is 0 Å². The second kappa shape index (κ2) is 11.1. The Morgan fingerprint density at radius 2 is 1.83 bits per heavy atom. The molecule has 35 heavy (non-hydrogen) atoms. The number of likely N-dealkylation sites (N-methyl/N-ethyl adjacent to an activating group) is 1. The summed E-state index contributed by atoms with van der Waals surface area (Å²) in [5.41, 5.74) is 1.82. The Bertz CT molecular complexity index is 1150. The number of aliphatic hydroxyl groups excluding tert-OH is 1. The Kier molecular flexibility index (Phi) is 8.19. The molecule has 2 aromatic carbocycles. The maximum atomic E-state index is 13.2. The Morgan fingerprint density at radius 3 is 2.43 bits per heavy atom. The van der Waals surface area contributed by atoms with Crippen LogP contribution < -0.4 is 14.2 Å². The first kappa shape index (κ1) is 25.8. The standard InChI is InChI=1S/C27H32N2O6/c1-7-14-35-19-9-10-20(17(2)15-19)25(30)23-24(18-8-11-21(33-5)22(16-18)34-6)29(13-12-28(3)4)27(32)26(23)31/h7-11,15-16,24,30H,1,12-14H2,2-6H3. The number of amides is 1. The number of carbonyl (C=O) groups excluding carboxylic acids is 2. The van der Waals surface area contributed by atoms with E-state index in [-0.39, 0.29) is 11.3 Å². The van der Waals surface area contributed by atoms with Crippen molar-refractivity contribution in [1.82, 2.24) is 9.80 Å². The zero-order valence-electron chi connectivity index (χ0n) is 20.8. The van der Waals surface area contributed by atoms with Crippen LogP contribution in [0.5, 0.6) is 17.2 Å². The summed E-state index contributed by atoms with van der Waals surface area (Å²) in [6.07, 6.45) is 1.64. The number of hydrogen-bond acceptors (Lipinski definition) is 7. The number of Topliss-reactive ketones (excluding diaryl/α,β-unsaturated/α-hetero) is 1. The third-order valence-corrected chi connectivity index (χ3v) is 5.87. The highest BCUT2D eigenvalue weighted by Gasteiger charge is 2.46. The molecule has 0 bridgehead atoms. The van der Waals surface area contributed by atoms with E-state index in [1.807, 2.05) is 25.9 Å². The fourth-order valence-corrected chi connectivity index (χ4v) is 4.08. The highest BCUT2D eigenvalue weighted by molar-refractivity contribution is 6.46. The number of aliphatic hydroxyl groups is 1. The Balaban J connectivity index is 2.16. The van der Waals surface area contributed by atoms with E-state index in [2.05, 4.69) is 6.58 Å².